The lowest BCUT2D eigenvalue weighted by atomic mass is 10.1. The van der Waals surface area contributed by atoms with Gasteiger partial charge in [-0.05, 0) is 36.4 Å². The standard InChI is InChI=1S/C17H12N2O2/c1-20-15-6-8-16(9-7-15)21-17-5-3-2-4-14(17)10-13(11-18)12-19/h2-10H,1H3. The van der Waals surface area contributed by atoms with Gasteiger partial charge in [-0.3, -0.25) is 0 Å². The van der Waals surface area contributed by atoms with Crippen molar-refractivity contribution in [2.75, 3.05) is 7.11 Å². The van der Waals surface area contributed by atoms with Crippen molar-refractivity contribution in [1.29, 1.82) is 10.5 Å². The predicted molar refractivity (Wildman–Crippen MR) is 78.7 cm³/mol. The molecular formula is C17H12N2O2. The summed E-state index contributed by atoms with van der Waals surface area (Å²) in [5.41, 5.74) is 0.701. The number of para-hydroxylation sites is 1. The van der Waals surface area contributed by atoms with Crippen LogP contribution in [-0.4, -0.2) is 7.11 Å². The minimum atomic E-state index is 0.0285. The number of hydrogen-bond acceptors (Lipinski definition) is 4. The molecule has 0 atom stereocenters. The molecule has 2 rings (SSSR count). The third-order valence-electron chi connectivity index (χ3n) is 2.75. The van der Waals surface area contributed by atoms with Crippen LogP contribution >= 0.6 is 0 Å². The Kier molecular flexibility index (Phi) is 4.58. The molecule has 21 heavy (non-hydrogen) atoms. The molecule has 0 amide bonds. The Morgan fingerprint density at radius 3 is 2.19 bits per heavy atom. The maximum atomic E-state index is 8.83. The first-order chi connectivity index (χ1) is 10.3. The highest BCUT2D eigenvalue weighted by Crippen LogP contribution is 2.28. The third kappa shape index (κ3) is 3.62. The molecule has 4 heteroatoms. The van der Waals surface area contributed by atoms with Gasteiger partial charge in [0.2, 0.25) is 0 Å². The van der Waals surface area contributed by atoms with E-state index in [9.17, 15) is 0 Å². The van der Waals surface area contributed by atoms with Gasteiger partial charge in [-0.15, -0.1) is 0 Å². The van der Waals surface area contributed by atoms with Gasteiger partial charge in [0.05, 0.1) is 7.11 Å². The van der Waals surface area contributed by atoms with Crippen molar-refractivity contribution in [3.63, 3.8) is 0 Å². The van der Waals surface area contributed by atoms with Crippen LogP contribution in [0.5, 0.6) is 17.2 Å². The fraction of sp³-hybridized carbons (Fsp3) is 0.0588. The van der Waals surface area contributed by atoms with E-state index in [2.05, 4.69) is 0 Å². The zero-order valence-corrected chi connectivity index (χ0v) is 11.4. The van der Waals surface area contributed by atoms with Crippen molar-refractivity contribution in [2.24, 2.45) is 0 Å². The van der Waals surface area contributed by atoms with Gasteiger partial charge in [0, 0.05) is 5.56 Å². The summed E-state index contributed by atoms with van der Waals surface area (Å²) in [6, 6.07) is 18.0. The first-order valence-corrected chi connectivity index (χ1v) is 6.19. The van der Waals surface area contributed by atoms with Crippen LogP contribution in [0, 0.1) is 22.7 Å². The zero-order valence-electron chi connectivity index (χ0n) is 11.4. The summed E-state index contributed by atoms with van der Waals surface area (Å²) in [7, 11) is 1.60. The molecule has 0 unspecified atom stereocenters. The summed E-state index contributed by atoms with van der Waals surface area (Å²) in [5.74, 6) is 1.96. The SMILES string of the molecule is COc1ccc(Oc2ccccc2C=C(C#N)C#N)cc1. The second-order valence-corrected chi connectivity index (χ2v) is 4.10. The minimum absolute atomic E-state index is 0.0285. The van der Waals surface area contributed by atoms with E-state index in [0.717, 1.165) is 5.75 Å². The Morgan fingerprint density at radius 2 is 1.57 bits per heavy atom. The van der Waals surface area contributed by atoms with E-state index in [1.807, 2.05) is 24.3 Å². The smallest absolute Gasteiger partial charge is 0.134 e. The maximum Gasteiger partial charge on any atom is 0.134 e. The molecule has 0 bridgehead atoms. The van der Waals surface area contributed by atoms with E-state index in [4.69, 9.17) is 20.0 Å². The predicted octanol–water partition coefficient (Wildman–Crippen LogP) is 3.92. The quantitative estimate of drug-likeness (QED) is 0.794. The van der Waals surface area contributed by atoms with E-state index in [1.165, 1.54) is 6.08 Å². The monoisotopic (exact) mass is 276 g/mol. The number of ether oxygens (including phenoxy) is 2. The van der Waals surface area contributed by atoms with Gasteiger partial charge in [0.1, 0.15) is 35.0 Å². The van der Waals surface area contributed by atoms with Crippen LogP contribution < -0.4 is 9.47 Å². The summed E-state index contributed by atoms with van der Waals surface area (Å²) in [4.78, 5) is 0. The van der Waals surface area contributed by atoms with Crippen LogP contribution in [0.3, 0.4) is 0 Å². The molecule has 0 spiro atoms. The second kappa shape index (κ2) is 6.79. The molecule has 0 aliphatic heterocycles. The van der Waals surface area contributed by atoms with Crippen molar-refractivity contribution >= 4 is 6.08 Å². The van der Waals surface area contributed by atoms with Gasteiger partial charge in [-0.25, -0.2) is 0 Å². The number of rotatable bonds is 4. The molecular weight excluding hydrogens is 264 g/mol. The number of nitriles is 2. The van der Waals surface area contributed by atoms with Crippen LogP contribution in [0.15, 0.2) is 54.1 Å². The molecule has 0 saturated heterocycles. The van der Waals surface area contributed by atoms with Crippen molar-refractivity contribution in [2.45, 2.75) is 0 Å². The first kappa shape index (κ1) is 14.2. The highest BCUT2D eigenvalue weighted by molar-refractivity contribution is 5.66. The van der Waals surface area contributed by atoms with Crippen molar-refractivity contribution in [1.82, 2.24) is 0 Å². The summed E-state index contributed by atoms with van der Waals surface area (Å²) in [6.45, 7) is 0. The average molecular weight is 276 g/mol. The molecule has 0 heterocycles. The van der Waals surface area contributed by atoms with Gasteiger partial charge in [-0.1, -0.05) is 18.2 Å². The Hall–Kier alpha value is -3.24. The Morgan fingerprint density at radius 1 is 0.952 bits per heavy atom. The molecule has 2 aromatic rings. The number of hydrogen-bond donors (Lipinski definition) is 0. The topological polar surface area (TPSA) is 66.0 Å². The van der Waals surface area contributed by atoms with Gasteiger partial charge in [0.15, 0.2) is 0 Å². The van der Waals surface area contributed by atoms with Gasteiger partial charge < -0.3 is 9.47 Å². The largest absolute Gasteiger partial charge is 0.497 e. The van der Waals surface area contributed by atoms with E-state index in [-0.39, 0.29) is 5.57 Å². The fourth-order valence-corrected chi connectivity index (χ4v) is 1.71. The van der Waals surface area contributed by atoms with E-state index in [0.29, 0.717) is 17.1 Å². The highest BCUT2D eigenvalue weighted by atomic mass is 16.5. The average Bonchev–Trinajstić information content (AvgIpc) is 2.54. The lowest BCUT2D eigenvalue weighted by Gasteiger charge is -2.09. The van der Waals surface area contributed by atoms with Crippen LogP contribution in [0.4, 0.5) is 0 Å². The Balaban J connectivity index is 2.30. The second-order valence-electron chi connectivity index (χ2n) is 4.10. The molecule has 0 aromatic heterocycles. The lowest BCUT2D eigenvalue weighted by Crippen LogP contribution is -1.88. The van der Waals surface area contributed by atoms with Gasteiger partial charge in [-0.2, -0.15) is 10.5 Å². The molecule has 0 saturated carbocycles. The molecule has 0 aliphatic carbocycles. The molecule has 0 aliphatic rings. The molecule has 4 nitrogen and oxygen atoms in total. The van der Waals surface area contributed by atoms with Gasteiger partial charge >= 0.3 is 0 Å². The molecule has 102 valence electrons. The summed E-state index contributed by atoms with van der Waals surface area (Å²) in [6.07, 6.45) is 1.50. The summed E-state index contributed by atoms with van der Waals surface area (Å²) >= 11 is 0. The van der Waals surface area contributed by atoms with Crippen molar-refractivity contribution in [3.8, 4) is 29.4 Å². The third-order valence-corrected chi connectivity index (χ3v) is 2.75. The number of methoxy groups -OCH3 is 1. The lowest BCUT2D eigenvalue weighted by molar-refractivity contribution is 0.413. The van der Waals surface area contributed by atoms with Crippen LogP contribution in [0.2, 0.25) is 0 Å². The fourth-order valence-electron chi connectivity index (χ4n) is 1.71. The highest BCUT2D eigenvalue weighted by Gasteiger charge is 2.04. The van der Waals surface area contributed by atoms with Crippen molar-refractivity contribution in [3.05, 3.63) is 59.7 Å². The zero-order chi connectivity index (χ0) is 15.1. The molecule has 2 aromatic carbocycles. The van der Waals surface area contributed by atoms with Crippen LogP contribution in [-0.2, 0) is 0 Å². The number of allylic oxidation sites excluding steroid dienone is 1. The summed E-state index contributed by atoms with van der Waals surface area (Å²) < 4.78 is 10.9. The Bertz CT molecular complexity index is 719. The Labute approximate surface area is 123 Å². The molecule has 0 fully saturated rings. The number of benzene rings is 2. The van der Waals surface area contributed by atoms with Crippen LogP contribution in [0.1, 0.15) is 5.56 Å². The van der Waals surface area contributed by atoms with Crippen LogP contribution in [0.25, 0.3) is 6.08 Å². The summed E-state index contributed by atoms with van der Waals surface area (Å²) in [5, 5.41) is 17.7. The van der Waals surface area contributed by atoms with Crippen molar-refractivity contribution < 1.29 is 9.47 Å². The normalized spacial score (nSPS) is 9.10. The maximum absolute atomic E-state index is 8.83. The molecule has 0 N–H and O–H groups in total. The van der Waals surface area contributed by atoms with E-state index >= 15 is 0 Å². The van der Waals surface area contributed by atoms with E-state index in [1.54, 1.807) is 43.5 Å². The molecule has 0 radical (unpaired) electrons. The first-order valence-electron chi connectivity index (χ1n) is 6.19. The number of nitrogens with zero attached hydrogens (tertiary/aromatic N) is 2. The minimum Gasteiger partial charge on any atom is -0.497 e. The van der Waals surface area contributed by atoms with E-state index < -0.39 is 0 Å². The van der Waals surface area contributed by atoms with Gasteiger partial charge in [0.25, 0.3) is 0 Å².